The monoisotopic (exact) mass is 244 g/mol. The van der Waals surface area contributed by atoms with Crippen LogP contribution in [0.15, 0.2) is 12.4 Å². The zero-order valence-electron chi connectivity index (χ0n) is 9.10. The minimum atomic E-state index is -3.32. The van der Waals surface area contributed by atoms with E-state index in [1.165, 1.54) is 12.4 Å². The second kappa shape index (κ2) is 4.42. The number of sulfonamides is 1. The average Bonchev–Trinajstić information content (AvgIpc) is 2.93. The van der Waals surface area contributed by atoms with Crippen molar-refractivity contribution in [3.63, 3.8) is 0 Å². The number of hydrogen-bond donors (Lipinski definition) is 3. The van der Waals surface area contributed by atoms with Gasteiger partial charge in [-0.05, 0) is 19.8 Å². The highest BCUT2D eigenvalue weighted by molar-refractivity contribution is 7.93. The zero-order valence-corrected chi connectivity index (χ0v) is 9.92. The van der Waals surface area contributed by atoms with E-state index in [4.69, 9.17) is 0 Å². The van der Waals surface area contributed by atoms with Gasteiger partial charge in [-0.2, -0.15) is 5.10 Å². The number of aromatic amines is 1. The van der Waals surface area contributed by atoms with Crippen LogP contribution in [0.4, 0.5) is 5.69 Å². The maximum atomic E-state index is 11.8. The molecule has 1 heterocycles. The minimum absolute atomic E-state index is 0.456. The van der Waals surface area contributed by atoms with Crippen LogP contribution in [0.1, 0.15) is 19.8 Å². The van der Waals surface area contributed by atoms with E-state index >= 15 is 0 Å². The molecular weight excluding hydrogens is 228 g/mol. The fraction of sp³-hybridized carbons (Fsp3) is 0.667. The predicted octanol–water partition coefficient (Wildman–Crippen LogP) is 0.292. The summed E-state index contributed by atoms with van der Waals surface area (Å²) in [6.07, 6.45) is 5.26. The molecule has 1 aromatic rings. The highest BCUT2D eigenvalue weighted by Crippen LogP contribution is 2.19. The smallest absolute Gasteiger partial charge is 0.236 e. The molecule has 90 valence electrons. The van der Waals surface area contributed by atoms with E-state index in [1.54, 1.807) is 6.92 Å². The molecule has 7 heteroatoms. The largest absolute Gasteiger partial charge is 0.313 e. The van der Waals surface area contributed by atoms with Crippen LogP contribution in [0.2, 0.25) is 0 Å². The third-order valence-corrected chi connectivity index (χ3v) is 4.31. The molecule has 1 atom stereocenters. The van der Waals surface area contributed by atoms with E-state index in [-0.39, 0.29) is 0 Å². The lowest BCUT2D eigenvalue weighted by Crippen LogP contribution is -2.35. The molecule has 16 heavy (non-hydrogen) atoms. The Hall–Kier alpha value is -1.08. The summed E-state index contributed by atoms with van der Waals surface area (Å²) in [4.78, 5) is 0. The highest BCUT2D eigenvalue weighted by atomic mass is 32.2. The van der Waals surface area contributed by atoms with Gasteiger partial charge in [0, 0.05) is 18.8 Å². The zero-order chi connectivity index (χ0) is 11.6. The first kappa shape index (κ1) is 11.4. The Kier molecular flexibility index (Phi) is 3.15. The summed E-state index contributed by atoms with van der Waals surface area (Å²) in [5.74, 6) is 0. The standard InChI is InChI=1S/C9H16N4O2S/c1-7(4-10-8-2-3-8)16(14,15)13-9-5-11-12-6-9/h5-8,10,13H,2-4H2,1H3,(H,11,12). The molecule has 3 N–H and O–H groups in total. The average molecular weight is 244 g/mol. The molecular formula is C9H16N4O2S. The van der Waals surface area contributed by atoms with Crippen molar-refractivity contribution in [3.05, 3.63) is 12.4 Å². The van der Waals surface area contributed by atoms with Gasteiger partial charge in [-0.1, -0.05) is 0 Å². The lowest BCUT2D eigenvalue weighted by Gasteiger charge is -2.14. The molecule has 1 aromatic heterocycles. The molecule has 0 bridgehead atoms. The molecule has 1 aliphatic rings. The lowest BCUT2D eigenvalue weighted by molar-refractivity contribution is 0.576. The molecule has 1 aliphatic carbocycles. The summed E-state index contributed by atoms with van der Waals surface area (Å²) >= 11 is 0. The van der Waals surface area contributed by atoms with Gasteiger partial charge >= 0.3 is 0 Å². The summed E-state index contributed by atoms with van der Waals surface area (Å²) in [6.45, 7) is 2.18. The third kappa shape index (κ3) is 2.96. The van der Waals surface area contributed by atoms with Gasteiger partial charge in [0.2, 0.25) is 10.0 Å². The Morgan fingerprint density at radius 1 is 1.62 bits per heavy atom. The summed E-state index contributed by atoms with van der Waals surface area (Å²) in [6, 6.07) is 0.520. The number of anilines is 1. The number of nitrogens with one attached hydrogen (secondary N) is 3. The maximum Gasteiger partial charge on any atom is 0.236 e. The molecule has 2 rings (SSSR count). The van der Waals surface area contributed by atoms with Crippen LogP contribution in [-0.4, -0.2) is 36.5 Å². The van der Waals surface area contributed by atoms with Gasteiger partial charge in [-0.3, -0.25) is 9.82 Å². The number of H-pyrrole nitrogens is 1. The maximum absolute atomic E-state index is 11.8. The number of rotatable bonds is 6. The molecule has 0 aromatic carbocycles. The molecule has 0 amide bonds. The van der Waals surface area contributed by atoms with Crippen molar-refractivity contribution >= 4 is 15.7 Å². The first-order valence-electron chi connectivity index (χ1n) is 5.32. The number of hydrogen-bond acceptors (Lipinski definition) is 4. The quantitative estimate of drug-likeness (QED) is 0.671. The van der Waals surface area contributed by atoms with E-state index in [0.29, 0.717) is 18.3 Å². The van der Waals surface area contributed by atoms with Crippen molar-refractivity contribution in [1.82, 2.24) is 15.5 Å². The van der Waals surface area contributed by atoms with E-state index in [9.17, 15) is 8.42 Å². The van der Waals surface area contributed by atoms with Crippen LogP contribution in [0, 0.1) is 0 Å². The van der Waals surface area contributed by atoms with Gasteiger partial charge in [-0.15, -0.1) is 0 Å². The normalized spacial score (nSPS) is 18.3. The van der Waals surface area contributed by atoms with Crippen LogP contribution in [-0.2, 0) is 10.0 Å². The lowest BCUT2D eigenvalue weighted by atomic mass is 10.4. The Labute approximate surface area is 94.9 Å². The molecule has 1 unspecified atom stereocenters. The van der Waals surface area contributed by atoms with Gasteiger partial charge < -0.3 is 5.32 Å². The van der Waals surface area contributed by atoms with Crippen molar-refractivity contribution in [1.29, 1.82) is 0 Å². The van der Waals surface area contributed by atoms with Crippen molar-refractivity contribution in [2.45, 2.75) is 31.1 Å². The first-order chi connectivity index (χ1) is 7.58. The van der Waals surface area contributed by atoms with Gasteiger partial charge in [0.05, 0.1) is 17.1 Å². The van der Waals surface area contributed by atoms with Crippen LogP contribution < -0.4 is 10.0 Å². The van der Waals surface area contributed by atoms with Crippen molar-refractivity contribution in [3.8, 4) is 0 Å². The Morgan fingerprint density at radius 3 is 2.94 bits per heavy atom. The molecule has 6 nitrogen and oxygen atoms in total. The van der Waals surface area contributed by atoms with E-state index in [0.717, 1.165) is 12.8 Å². The fourth-order valence-electron chi connectivity index (χ4n) is 1.30. The summed E-state index contributed by atoms with van der Waals surface area (Å²) in [7, 11) is -3.32. The Bertz CT molecular complexity index is 424. The van der Waals surface area contributed by atoms with Gasteiger partial charge in [-0.25, -0.2) is 8.42 Å². The van der Waals surface area contributed by atoms with E-state index in [2.05, 4.69) is 20.2 Å². The van der Waals surface area contributed by atoms with Gasteiger partial charge in [0.1, 0.15) is 0 Å². The van der Waals surface area contributed by atoms with E-state index < -0.39 is 15.3 Å². The summed E-state index contributed by atoms with van der Waals surface area (Å²) in [5, 5.41) is 8.99. The first-order valence-corrected chi connectivity index (χ1v) is 6.86. The van der Waals surface area contributed by atoms with Crippen LogP contribution in [0.5, 0.6) is 0 Å². The number of aromatic nitrogens is 2. The van der Waals surface area contributed by atoms with Crippen LogP contribution >= 0.6 is 0 Å². The summed E-state index contributed by atoms with van der Waals surface area (Å²) in [5.41, 5.74) is 0.471. The van der Waals surface area contributed by atoms with E-state index in [1.807, 2.05) is 0 Å². The third-order valence-electron chi connectivity index (χ3n) is 2.56. The molecule has 0 saturated heterocycles. The summed E-state index contributed by atoms with van der Waals surface area (Å²) < 4.78 is 26.2. The van der Waals surface area contributed by atoms with Gasteiger partial charge in [0.25, 0.3) is 0 Å². The topological polar surface area (TPSA) is 86.9 Å². The predicted molar refractivity (Wildman–Crippen MR) is 61.6 cm³/mol. The van der Waals surface area contributed by atoms with Crippen molar-refractivity contribution in [2.24, 2.45) is 0 Å². The molecule has 0 spiro atoms. The van der Waals surface area contributed by atoms with Crippen molar-refractivity contribution in [2.75, 3.05) is 11.3 Å². The van der Waals surface area contributed by atoms with Crippen LogP contribution in [0.25, 0.3) is 0 Å². The molecule has 0 aliphatic heterocycles. The molecule has 1 saturated carbocycles. The minimum Gasteiger partial charge on any atom is -0.313 e. The fourth-order valence-corrected chi connectivity index (χ4v) is 2.26. The second-order valence-corrected chi connectivity index (χ2v) is 6.23. The second-order valence-electron chi connectivity index (χ2n) is 4.13. The SMILES string of the molecule is CC(CNC1CC1)S(=O)(=O)Nc1cn[nH]c1. The van der Waals surface area contributed by atoms with Crippen molar-refractivity contribution < 1.29 is 8.42 Å². The number of nitrogens with zero attached hydrogens (tertiary/aromatic N) is 1. The Balaban J connectivity index is 1.89. The molecule has 0 radical (unpaired) electrons. The Morgan fingerprint density at radius 2 is 2.38 bits per heavy atom. The highest BCUT2D eigenvalue weighted by Gasteiger charge is 2.25. The van der Waals surface area contributed by atoms with Crippen LogP contribution in [0.3, 0.4) is 0 Å². The van der Waals surface area contributed by atoms with Gasteiger partial charge in [0.15, 0.2) is 0 Å². The molecule has 1 fully saturated rings.